The van der Waals surface area contributed by atoms with Crippen LogP contribution in [0, 0.1) is 5.92 Å². The van der Waals surface area contributed by atoms with Crippen molar-refractivity contribution >= 4 is 23.1 Å². The second-order valence-corrected chi connectivity index (χ2v) is 6.69. The molecule has 0 bridgehead atoms. The van der Waals surface area contributed by atoms with E-state index >= 15 is 0 Å². The number of likely N-dealkylation sites (tertiary alicyclic amines) is 1. The number of hydrogen-bond donors (Lipinski definition) is 1. The van der Waals surface area contributed by atoms with Crippen molar-refractivity contribution in [1.29, 1.82) is 0 Å². The predicted molar refractivity (Wildman–Crippen MR) is 98.3 cm³/mol. The Hall–Kier alpha value is -2.69. The number of Topliss-reactive ketones (excluding diaryl/α,β-unsaturated/α-hetero) is 1. The Morgan fingerprint density at radius 2 is 2.00 bits per heavy atom. The van der Waals surface area contributed by atoms with Crippen LogP contribution in [0.5, 0.6) is 0 Å². The van der Waals surface area contributed by atoms with Gasteiger partial charge >= 0.3 is 0 Å². The van der Waals surface area contributed by atoms with Gasteiger partial charge in [0.15, 0.2) is 5.78 Å². The van der Waals surface area contributed by atoms with Gasteiger partial charge in [0, 0.05) is 36.2 Å². The molecule has 1 amide bonds. The lowest BCUT2D eigenvalue weighted by atomic mass is 10.00. The highest BCUT2D eigenvalue weighted by Gasteiger charge is 2.23. The highest BCUT2D eigenvalue weighted by Crippen LogP contribution is 2.21. The van der Waals surface area contributed by atoms with Gasteiger partial charge in [-0.05, 0) is 49.9 Å². The van der Waals surface area contributed by atoms with E-state index in [4.69, 9.17) is 0 Å². The predicted octanol–water partition coefficient (Wildman–Crippen LogP) is 3.90. The summed E-state index contributed by atoms with van der Waals surface area (Å²) in [6.45, 7) is 5.30. The zero-order chi connectivity index (χ0) is 17.8. The standard InChI is InChI=1S/C20H23N3O2/c1-14-5-4-10-23(13-14)20(25)19-12-18(8-9-21-19)22-17-7-3-6-16(11-17)15(2)24/h3,6-9,11-12,14H,4-5,10,13H2,1-2H3,(H,21,22). The highest BCUT2D eigenvalue weighted by atomic mass is 16.2. The van der Waals surface area contributed by atoms with Crippen LogP contribution in [0.25, 0.3) is 0 Å². The van der Waals surface area contributed by atoms with E-state index in [0.29, 0.717) is 17.2 Å². The minimum Gasteiger partial charge on any atom is -0.355 e. The smallest absolute Gasteiger partial charge is 0.272 e. The molecule has 1 aliphatic heterocycles. The fraction of sp³-hybridized carbons (Fsp3) is 0.350. The van der Waals surface area contributed by atoms with Crippen molar-refractivity contribution in [2.45, 2.75) is 26.7 Å². The number of benzene rings is 1. The molecule has 5 nitrogen and oxygen atoms in total. The van der Waals surface area contributed by atoms with E-state index in [-0.39, 0.29) is 11.7 Å². The van der Waals surface area contributed by atoms with Crippen molar-refractivity contribution in [2.75, 3.05) is 18.4 Å². The van der Waals surface area contributed by atoms with Gasteiger partial charge in [0.25, 0.3) is 5.91 Å². The fourth-order valence-corrected chi connectivity index (χ4v) is 3.14. The maximum absolute atomic E-state index is 12.7. The molecule has 2 aromatic rings. The summed E-state index contributed by atoms with van der Waals surface area (Å²) in [5.41, 5.74) is 2.69. The largest absolute Gasteiger partial charge is 0.355 e. The summed E-state index contributed by atoms with van der Waals surface area (Å²) in [5.74, 6) is 0.537. The summed E-state index contributed by atoms with van der Waals surface area (Å²) >= 11 is 0. The third-order valence-electron chi connectivity index (χ3n) is 4.48. The van der Waals surface area contributed by atoms with Crippen LogP contribution < -0.4 is 5.32 Å². The first kappa shape index (κ1) is 17.1. The average molecular weight is 337 g/mol. The van der Waals surface area contributed by atoms with E-state index < -0.39 is 0 Å². The van der Waals surface area contributed by atoms with Crippen LogP contribution >= 0.6 is 0 Å². The molecule has 130 valence electrons. The SMILES string of the molecule is CC(=O)c1cccc(Nc2ccnc(C(=O)N3CCCC(C)C3)c2)c1. The first-order valence-electron chi connectivity index (χ1n) is 8.66. The average Bonchev–Trinajstić information content (AvgIpc) is 2.61. The lowest BCUT2D eigenvalue weighted by molar-refractivity contribution is 0.0677. The first-order chi connectivity index (χ1) is 12.0. The first-order valence-corrected chi connectivity index (χ1v) is 8.66. The molecule has 1 aromatic heterocycles. The zero-order valence-corrected chi connectivity index (χ0v) is 14.7. The summed E-state index contributed by atoms with van der Waals surface area (Å²) in [6.07, 6.45) is 3.85. The summed E-state index contributed by atoms with van der Waals surface area (Å²) in [4.78, 5) is 30.3. The van der Waals surface area contributed by atoms with Gasteiger partial charge in [0.2, 0.25) is 0 Å². The van der Waals surface area contributed by atoms with Crippen molar-refractivity contribution in [2.24, 2.45) is 5.92 Å². The quantitative estimate of drug-likeness (QED) is 0.860. The van der Waals surface area contributed by atoms with Crippen LogP contribution in [0.15, 0.2) is 42.6 Å². The Kier molecular flexibility index (Phi) is 5.12. The van der Waals surface area contributed by atoms with Crippen LogP contribution in [0.1, 0.15) is 47.5 Å². The number of nitrogens with zero attached hydrogens (tertiary/aromatic N) is 2. The second kappa shape index (κ2) is 7.47. The number of piperidine rings is 1. The molecule has 0 saturated carbocycles. The Morgan fingerprint density at radius 3 is 2.76 bits per heavy atom. The van der Waals surface area contributed by atoms with Gasteiger partial charge in [0.05, 0.1) is 0 Å². The van der Waals surface area contributed by atoms with Gasteiger partial charge in [-0.3, -0.25) is 14.6 Å². The number of hydrogen-bond acceptors (Lipinski definition) is 4. The lowest BCUT2D eigenvalue weighted by Gasteiger charge is -2.30. The Morgan fingerprint density at radius 1 is 1.20 bits per heavy atom. The number of amides is 1. The molecule has 1 N–H and O–H groups in total. The van der Waals surface area contributed by atoms with E-state index in [1.165, 1.54) is 6.42 Å². The number of anilines is 2. The molecule has 1 unspecified atom stereocenters. The third-order valence-corrected chi connectivity index (χ3v) is 4.48. The molecule has 0 spiro atoms. The van der Waals surface area contributed by atoms with Crippen LogP contribution in [0.3, 0.4) is 0 Å². The fourth-order valence-electron chi connectivity index (χ4n) is 3.14. The summed E-state index contributed by atoms with van der Waals surface area (Å²) in [5, 5.41) is 3.24. The van der Waals surface area contributed by atoms with Crippen LogP contribution in [-0.4, -0.2) is 34.7 Å². The molecule has 1 aliphatic rings. The normalized spacial score (nSPS) is 17.2. The second-order valence-electron chi connectivity index (χ2n) is 6.69. The van der Waals surface area contributed by atoms with Crippen molar-refractivity contribution in [3.8, 4) is 0 Å². The maximum Gasteiger partial charge on any atom is 0.272 e. The summed E-state index contributed by atoms with van der Waals surface area (Å²) in [7, 11) is 0. The van der Waals surface area contributed by atoms with Gasteiger partial charge in [-0.15, -0.1) is 0 Å². The molecule has 1 atom stereocenters. The molecule has 0 aliphatic carbocycles. The topological polar surface area (TPSA) is 62.3 Å². The number of rotatable bonds is 4. The Balaban J connectivity index is 1.76. The van der Waals surface area contributed by atoms with Crippen molar-refractivity contribution in [3.63, 3.8) is 0 Å². The summed E-state index contributed by atoms with van der Waals surface area (Å²) < 4.78 is 0. The van der Waals surface area contributed by atoms with Crippen molar-refractivity contribution in [3.05, 3.63) is 53.9 Å². The van der Waals surface area contributed by atoms with Crippen molar-refractivity contribution < 1.29 is 9.59 Å². The third kappa shape index (κ3) is 4.24. The van der Waals surface area contributed by atoms with Gasteiger partial charge in [-0.1, -0.05) is 19.1 Å². The number of ketones is 1. The van der Waals surface area contributed by atoms with Crippen LogP contribution in [0.2, 0.25) is 0 Å². The molecule has 25 heavy (non-hydrogen) atoms. The molecule has 2 heterocycles. The molecule has 3 rings (SSSR count). The Labute approximate surface area is 148 Å². The highest BCUT2D eigenvalue weighted by molar-refractivity contribution is 5.95. The van der Waals surface area contributed by atoms with E-state index in [2.05, 4.69) is 17.2 Å². The van der Waals surface area contributed by atoms with Crippen LogP contribution in [-0.2, 0) is 0 Å². The molecule has 1 fully saturated rings. The Bertz CT molecular complexity index is 788. The molecular weight excluding hydrogens is 314 g/mol. The minimum atomic E-state index is -0.0207. The maximum atomic E-state index is 12.7. The number of carbonyl (C=O) groups excluding carboxylic acids is 2. The lowest BCUT2D eigenvalue weighted by Crippen LogP contribution is -2.39. The summed E-state index contributed by atoms with van der Waals surface area (Å²) in [6, 6.07) is 10.9. The van der Waals surface area contributed by atoms with Crippen molar-refractivity contribution in [1.82, 2.24) is 9.88 Å². The van der Waals surface area contributed by atoms with Gasteiger partial charge < -0.3 is 10.2 Å². The number of carbonyl (C=O) groups is 2. The monoisotopic (exact) mass is 337 g/mol. The number of aromatic nitrogens is 1. The molecule has 1 saturated heterocycles. The molecule has 0 radical (unpaired) electrons. The van der Waals surface area contributed by atoms with E-state index in [1.54, 1.807) is 31.3 Å². The van der Waals surface area contributed by atoms with E-state index in [0.717, 1.165) is 30.9 Å². The van der Waals surface area contributed by atoms with E-state index in [9.17, 15) is 9.59 Å². The molecular formula is C20H23N3O2. The number of pyridine rings is 1. The van der Waals surface area contributed by atoms with E-state index in [1.807, 2.05) is 23.1 Å². The van der Waals surface area contributed by atoms with Gasteiger partial charge in [-0.25, -0.2) is 0 Å². The van der Waals surface area contributed by atoms with Crippen LogP contribution in [0.4, 0.5) is 11.4 Å². The molecule has 1 aromatic carbocycles. The molecule has 5 heteroatoms. The zero-order valence-electron chi connectivity index (χ0n) is 14.7. The van der Waals surface area contributed by atoms with Gasteiger partial charge in [0.1, 0.15) is 5.69 Å². The number of nitrogens with one attached hydrogen (secondary N) is 1. The van der Waals surface area contributed by atoms with Gasteiger partial charge in [-0.2, -0.15) is 0 Å². The minimum absolute atomic E-state index is 0.0207.